The summed E-state index contributed by atoms with van der Waals surface area (Å²) in [7, 11) is 1.59. The van der Waals surface area contributed by atoms with Gasteiger partial charge in [-0.25, -0.2) is 0 Å². The Morgan fingerprint density at radius 1 is 1.10 bits per heavy atom. The molecule has 0 spiro atoms. The topological polar surface area (TPSA) is 84.5 Å². The molecule has 2 amide bonds. The Morgan fingerprint density at radius 2 is 1.76 bits per heavy atom. The van der Waals surface area contributed by atoms with Gasteiger partial charge in [-0.05, 0) is 37.6 Å². The molecule has 0 unspecified atom stereocenters. The maximum Gasteiger partial charge on any atom is 0.233 e. The van der Waals surface area contributed by atoms with Gasteiger partial charge in [0, 0.05) is 31.5 Å². The molecule has 2 N–H and O–H groups in total. The first kappa shape index (κ1) is 16.8. The monoisotopic (exact) mass is 292 g/mol. The predicted octanol–water partition coefficient (Wildman–Crippen LogP) is 1.37. The molecule has 0 saturated heterocycles. The van der Waals surface area contributed by atoms with Crippen molar-refractivity contribution in [2.75, 3.05) is 25.6 Å². The zero-order valence-electron chi connectivity index (χ0n) is 12.3. The molecule has 0 atom stereocenters. The molecule has 0 bridgehead atoms. The highest BCUT2D eigenvalue weighted by Crippen LogP contribution is 2.10. The Labute approximate surface area is 123 Å². The summed E-state index contributed by atoms with van der Waals surface area (Å²) in [5.74, 6) is -0.762. The number of carbonyl (C=O) groups is 3. The third kappa shape index (κ3) is 6.67. The second-order valence-corrected chi connectivity index (χ2v) is 4.55. The van der Waals surface area contributed by atoms with E-state index in [4.69, 9.17) is 4.74 Å². The highest BCUT2D eigenvalue weighted by Gasteiger charge is 2.09. The molecule has 0 aliphatic carbocycles. The number of hydrogen-bond donors (Lipinski definition) is 2. The molecule has 1 aromatic rings. The van der Waals surface area contributed by atoms with E-state index in [1.165, 1.54) is 6.92 Å². The van der Waals surface area contributed by atoms with Crippen LogP contribution in [0.25, 0.3) is 0 Å². The molecule has 1 aromatic carbocycles. The standard InChI is InChI=1S/C15H20N2O4/c1-11(18)12-4-6-13(7-5-12)17-15(20)10-14(19)16-8-3-9-21-2/h4-7H,3,8-10H2,1-2H3,(H,16,19)(H,17,20). The summed E-state index contributed by atoms with van der Waals surface area (Å²) in [4.78, 5) is 34.3. The van der Waals surface area contributed by atoms with E-state index in [1.807, 2.05) is 0 Å². The Kier molecular flexibility index (Phi) is 7.11. The molecule has 6 nitrogen and oxygen atoms in total. The van der Waals surface area contributed by atoms with Crippen molar-refractivity contribution in [1.82, 2.24) is 5.32 Å². The number of benzene rings is 1. The van der Waals surface area contributed by atoms with Crippen LogP contribution >= 0.6 is 0 Å². The van der Waals surface area contributed by atoms with Crippen LogP contribution in [0, 0.1) is 0 Å². The van der Waals surface area contributed by atoms with E-state index in [2.05, 4.69) is 10.6 Å². The molecule has 0 aliphatic heterocycles. The summed E-state index contributed by atoms with van der Waals surface area (Å²) in [6, 6.07) is 6.52. The fourth-order valence-corrected chi connectivity index (χ4v) is 1.65. The number of anilines is 1. The van der Waals surface area contributed by atoms with Gasteiger partial charge in [0.25, 0.3) is 0 Å². The molecule has 6 heteroatoms. The second kappa shape index (κ2) is 8.86. The fraction of sp³-hybridized carbons (Fsp3) is 0.400. The van der Waals surface area contributed by atoms with Gasteiger partial charge in [0.05, 0.1) is 0 Å². The highest BCUT2D eigenvalue weighted by molar-refractivity contribution is 6.03. The lowest BCUT2D eigenvalue weighted by molar-refractivity contribution is -0.126. The van der Waals surface area contributed by atoms with Gasteiger partial charge >= 0.3 is 0 Å². The van der Waals surface area contributed by atoms with Crippen molar-refractivity contribution < 1.29 is 19.1 Å². The predicted molar refractivity (Wildman–Crippen MR) is 79.2 cm³/mol. The van der Waals surface area contributed by atoms with Gasteiger partial charge in [-0.15, -0.1) is 0 Å². The minimum Gasteiger partial charge on any atom is -0.385 e. The minimum absolute atomic E-state index is 0.0386. The summed E-state index contributed by atoms with van der Waals surface area (Å²) in [5, 5.41) is 5.24. The molecule has 21 heavy (non-hydrogen) atoms. The first-order chi connectivity index (χ1) is 10.0. The summed E-state index contributed by atoms with van der Waals surface area (Å²) in [6.45, 7) is 2.52. The van der Waals surface area contributed by atoms with E-state index in [1.54, 1.807) is 31.4 Å². The van der Waals surface area contributed by atoms with Gasteiger partial charge in [0.15, 0.2) is 5.78 Å². The third-order valence-corrected chi connectivity index (χ3v) is 2.74. The molecule has 0 aromatic heterocycles. The second-order valence-electron chi connectivity index (χ2n) is 4.55. The molecule has 114 valence electrons. The van der Waals surface area contributed by atoms with E-state index in [9.17, 15) is 14.4 Å². The maximum absolute atomic E-state index is 11.7. The zero-order valence-corrected chi connectivity index (χ0v) is 12.3. The summed E-state index contributed by atoms with van der Waals surface area (Å²) in [6.07, 6.45) is 0.470. The number of carbonyl (C=O) groups excluding carboxylic acids is 3. The zero-order chi connectivity index (χ0) is 15.7. The first-order valence-corrected chi connectivity index (χ1v) is 6.69. The van der Waals surface area contributed by atoms with E-state index >= 15 is 0 Å². The van der Waals surface area contributed by atoms with Crippen LogP contribution in [-0.4, -0.2) is 37.9 Å². The number of ether oxygens (including phenoxy) is 1. The number of nitrogens with one attached hydrogen (secondary N) is 2. The van der Waals surface area contributed by atoms with E-state index < -0.39 is 5.91 Å². The Balaban J connectivity index is 2.35. The average Bonchev–Trinajstić information content (AvgIpc) is 2.44. The largest absolute Gasteiger partial charge is 0.385 e. The van der Waals surface area contributed by atoms with E-state index in [0.717, 1.165) is 0 Å². The van der Waals surface area contributed by atoms with Crippen molar-refractivity contribution in [3.05, 3.63) is 29.8 Å². The lowest BCUT2D eigenvalue weighted by Gasteiger charge is -2.07. The molecular weight excluding hydrogens is 272 g/mol. The fourth-order valence-electron chi connectivity index (χ4n) is 1.65. The number of rotatable bonds is 8. The Morgan fingerprint density at radius 3 is 2.33 bits per heavy atom. The smallest absolute Gasteiger partial charge is 0.233 e. The van der Waals surface area contributed by atoms with Crippen LogP contribution in [-0.2, 0) is 14.3 Å². The number of amides is 2. The van der Waals surface area contributed by atoms with Crippen LogP contribution in [0.15, 0.2) is 24.3 Å². The Hall–Kier alpha value is -2.21. The number of methoxy groups -OCH3 is 1. The molecule has 0 fully saturated rings. The van der Waals surface area contributed by atoms with Gasteiger partial charge < -0.3 is 15.4 Å². The molecule has 0 aliphatic rings. The van der Waals surface area contributed by atoms with Crippen molar-refractivity contribution in [2.45, 2.75) is 19.8 Å². The first-order valence-electron chi connectivity index (χ1n) is 6.69. The van der Waals surface area contributed by atoms with Crippen LogP contribution in [0.1, 0.15) is 30.1 Å². The van der Waals surface area contributed by atoms with Crippen molar-refractivity contribution in [1.29, 1.82) is 0 Å². The minimum atomic E-state index is -0.394. The quantitative estimate of drug-likeness (QED) is 0.430. The van der Waals surface area contributed by atoms with Gasteiger partial charge in [-0.3, -0.25) is 14.4 Å². The molecule has 0 heterocycles. The summed E-state index contributed by atoms with van der Waals surface area (Å²) in [5.41, 5.74) is 1.13. The maximum atomic E-state index is 11.7. The Bertz CT molecular complexity index is 497. The highest BCUT2D eigenvalue weighted by atomic mass is 16.5. The van der Waals surface area contributed by atoms with Crippen LogP contribution < -0.4 is 10.6 Å². The van der Waals surface area contributed by atoms with Crippen LogP contribution in [0.2, 0.25) is 0 Å². The normalized spacial score (nSPS) is 10.0. The van der Waals surface area contributed by atoms with Gasteiger partial charge in [0.2, 0.25) is 11.8 Å². The van der Waals surface area contributed by atoms with E-state index in [-0.39, 0.29) is 18.1 Å². The van der Waals surface area contributed by atoms with Crippen LogP contribution in [0.4, 0.5) is 5.69 Å². The molecule has 0 radical (unpaired) electrons. The SMILES string of the molecule is COCCCNC(=O)CC(=O)Nc1ccc(C(C)=O)cc1. The number of hydrogen-bond acceptors (Lipinski definition) is 4. The summed E-state index contributed by atoms with van der Waals surface area (Å²) >= 11 is 0. The van der Waals surface area contributed by atoms with Crippen molar-refractivity contribution in [2.24, 2.45) is 0 Å². The lowest BCUT2D eigenvalue weighted by Crippen LogP contribution is -2.29. The van der Waals surface area contributed by atoms with E-state index in [0.29, 0.717) is 30.8 Å². The van der Waals surface area contributed by atoms with Crippen LogP contribution in [0.5, 0.6) is 0 Å². The molecular formula is C15H20N2O4. The average molecular weight is 292 g/mol. The van der Waals surface area contributed by atoms with Crippen molar-refractivity contribution >= 4 is 23.3 Å². The van der Waals surface area contributed by atoms with Crippen LogP contribution in [0.3, 0.4) is 0 Å². The van der Waals surface area contributed by atoms with Gasteiger partial charge in [-0.1, -0.05) is 0 Å². The number of Topliss-reactive ketones (excluding diaryl/α,β-unsaturated/α-hetero) is 1. The summed E-state index contributed by atoms with van der Waals surface area (Å²) < 4.78 is 4.86. The number of ketones is 1. The third-order valence-electron chi connectivity index (χ3n) is 2.74. The van der Waals surface area contributed by atoms with Gasteiger partial charge in [-0.2, -0.15) is 0 Å². The molecule has 0 saturated carbocycles. The molecule has 1 rings (SSSR count). The van der Waals surface area contributed by atoms with Crippen molar-refractivity contribution in [3.8, 4) is 0 Å². The lowest BCUT2D eigenvalue weighted by atomic mass is 10.1. The van der Waals surface area contributed by atoms with Gasteiger partial charge in [0.1, 0.15) is 6.42 Å². The van der Waals surface area contributed by atoms with Crippen molar-refractivity contribution in [3.63, 3.8) is 0 Å².